The van der Waals surface area contributed by atoms with Gasteiger partial charge in [0.25, 0.3) is 0 Å². The van der Waals surface area contributed by atoms with Crippen molar-refractivity contribution < 1.29 is 46.8 Å². The van der Waals surface area contributed by atoms with Crippen LogP contribution in [0.1, 0.15) is 10.4 Å². The van der Waals surface area contributed by atoms with Crippen LogP contribution >= 0.6 is 9.84 Å². The van der Waals surface area contributed by atoms with Gasteiger partial charge in [0.05, 0.1) is 15.4 Å². The van der Waals surface area contributed by atoms with Gasteiger partial charge in [0.2, 0.25) is 9.84 Å². The summed E-state index contributed by atoms with van der Waals surface area (Å²) in [4.78, 5) is 8.31. The van der Waals surface area contributed by atoms with Crippen molar-refractivity contribution in [1.82, 2.24) is 0 Å². The Morgan fingerprint density at radius 2 is 1.50 bits per heavy atom. The number of halogens is 6. The van der Waals surface area contributed by atoms with Gasteiger partial charge in [-0.15, -0.1) is 15.5 Å². The first-order chi connectivity index (χ1) is 12.5. The molecule has 0 heterocycles. The molecule has 28 heavy (non-hydrogen) atoms. The van der Waals surface area contributed by atoms with Crippen molar-refractivity contribution in [2.24, 2.45) is 0 Å². The lowest BCUT2D eigenvalue weighted by molar-refractivity contribution is -0.00952. The predicted octanol–water partition coefficient (Wildman–Crippen LogP) is 5.16. The van der Waals surface area contributed by atoms with E-state index in [1.165, 1.54) is 6.07 Å². The zero-order valence-electron chi connectivity index (χ0n) is 13.6. The number of esters is 1. The Kier molecular flexibility index (Phi) is 4.82. The molecule has 1 N–H and O–H groups in total. The number of rotatable bonds is 6. The molecule has 5 nitrogen and oxygen atoms in total. The van der Waals surface area contributed by atoms with E-state index in [0.717, 1.165) is 18.2 Å². The molecule has 0 saturated carbocycles. The third-order valence-electron chi connectivity index (χ3n) is 3.51. The summed E-state index contributed by atoms with van der Waals surface area (Å²) in [6, 6.07) is 5.98. The summed E-state index contributed by atoms with van der Waals surface area (Å²) in [6.07, 6.45) is 0. The summed E-state index contributed by atoms with van der Waals surface area (Å²) in [5.74, 6) is -1.77. The van der Waals surface area contributed by atoms with E-state index < -0.39 is 53.1 Å². The van der Waals surface area contributed by atoms with E-state index in [0.29, 0.717) is 24.3 Å². The zero-order chi connectivity index (χ0) is 21.5. The van der Waals surface area contributed by atoms with Gasteiger partial charge >= 0.3 is 21.3 Å². The van der Waals surface area contributed by atoms with Crippen LogP contribution in [0.2, 0.25) is 0 Å². The van der Waals surface area contributed by atoms with Gasteiger partial charge in [0, 0.05) is 0 Å². The minimum absolute atomic E-state index is 0.0719. The fourth-order valence-corrected chi connectivity index (χ4v) is 3.92. The van der Waals surface area contributed by atoms with E-state index in [9.17, 15) is 37.5 Å². The van der Waals surface area contributed by atoms with Crippen molar-refractivity contribution in [3.63, 3.8) is 0 Å². The maximum absolute atomic E-state index is 14.6. The second-order valence-electron chi connectivity index (χ2n) is 5.60. The van der Waals surface area contributed by atoms with Gasteiger partial charge in [-0.1, -0.05) is 24.3 Å². The predicted molar refractivity (Wildman–Crippen MR) is 88.2 cm³/mol. The first-order valence-corrected chi connectivity index (χ1v) is 10.6. The normalized spacial score (nSPS) is 15.4. The molecule has 156 valence electrons. The minimum atomic E-state index is -9.06. The number of carbonyl (C=O) groups excluding carboxylic acids is 1. The minimum Gasteiger partial charge on any atom is -0.454 e. The molecule has 0 bridgehead atoms. The number of hydrogen-bond donors (Lipinski definition) is 1. The fourth-order valence-electron chi connectivity index (χ4n) is 2.02. The molecule has 0 aliphatic rings. The second kappa shape index (κ2) is 6.12. The van der Waals surface area contributed by atoms with Gasteiger partial charge in [-0.2, -0.15) is 17.2 Å². The first-order valence-electron chi connectivity index (χ1n) is 7.16. The molecular weight excluding hydrogens is 438 g/mol. The molecule has 0 aliphatic heterocycles. The molecular formula is C15H12F6O5S2. The molecule has 0 amide bonds. The summed E-state index contributed by atoms with van der Waals surface area (Å²) in [5, 5.41) is -4.87. The highest BCUT2D eigenvalue weighted by atomic mass is 32.5. The van der Waals surface area contributed by atoms with Crippen LogP contribution < -0.4 is 0 Å². The van der Waals surface area contributed by atoms with Crippen LogP contribution in [0.4, 0.5) is 24.3 Å². The third kappa shape index (κ3) is 4.10. The molecule has 2 aromatic carbocycles. The highest BCUT2D eigenvalue weighted by Crippen LogP contribution is 3.04. The molecule has 0 unspecified atom stereocenters. The monoisotopic (exact) mass is 450 g/mol. The Bertz CT molecular complexity index is 1020. The molecule has 0 aromatic heterocycles. The Labute approximate surface area is 155 Å². The highest BCUT2D eigenvalue weighted by Gasteiger charge is 2.66. The lowest BCUT2D eigenvalue weighted by Gasteiger charge is -2.50. The van der Waals surface area contributed by atoms with E-state index in [4.69, 9.17) is 4.55 Å². The van der Waals surface area contributed by atoms with Crippen molar-refractivity contribution in [3.8, 4) is 0 Å². The number of ether oxygens (including phenoxy) is 1. The Hall–Kier alpha value is -2.25. The van der Waals surface area contributed by atoms with Crippen LogP contribution in [0.25, 0.3) is 0 Å². The van der Waals surface area contributed by atoms with Gasteiger partial charge in [-0.25, -0.2) is 4.79 Å². The van der Waals surface area contributed by atoms with Crippen LogP contribution in [-0.2, 0) is 14.9 Å². The number of benzene rings is 2. The maximum atomic E-state index is 14.6. The fraction of sp³-hybridized carbons (Fsp3) is 0.133. The molecule has 13 heteroatoms. The van der Waals surface area contributed by atoms with E-state index in [1.54, 1.807) is 0 Å². The van der Waals surface area contributed by atoms with Gasteiger partial charge in [-0.05, 0) is 30.3 Å². The van der Waals surface area contributed by atoms with Crippen molar-refractivity contribution in [2.75, 3.05) is 6.61 Å². The number of alkyl halides is 2. The SMILES string of the molecule is O=C(OCC(F)(F)S(=O)(=O)O)c1cccc(S(F)(F)(F)(F)c2ccccc2)c1. The Morgan fingerprint density at radius 1 is 0.964 bits per heavy atom. The van der Waals surface area contributed by atoms with Crippen molar-refractivity contribution in [3.05, 3.63) is 60.2 Å². The van der Waals surface area contributed by atoms with Crippen molar-refractivity contribution in [1.29, 1.82) is 0 Å². The first kappa shape index (κ1) is 22.0. The third-order valence-corrected chi connectivity index (χ3v) is 6.81. The molecule has 2 aromatic rings. The van der Waals surface area contributed by atoms with E-state index in [2.05, 4.69) is 4.74 Å². The van der Waals surface area contributed by atoms with Gasteiger partial charge in [-0.3, -0.25) is 4.55 Å². The van der Waals surface area contributed by atoms with Crippen molar-refractivity contribution in [2.45, 2.75) is 15.0 Å². The average Bonchev–Trinajstić information content (AvgIpc) is 2.59. The topological polar surface area (TPSA) is 80.7 Å². The van der Waals surface area contributed by atoms with Crippen LogP contribution in [-0.4, -0.2) is 30.8 Å². The molecule has 0 atom stereocenters. The standard InChI is InChI=1S/C15H12F6O5S2/c16-15(17,27(23,24)25)10-26-14(22)11-5-4-8-13(9-11)28(18,19,20,21)12-6-2-1-3-7-12/h1-9H,10H2,(H,23,24,25). The summed E-state index contributed by atoms with van der Waals surface area (Å²) in [5.41, 5.74) is -0.949. The Morgan fingerprint density at radius 3 is 2.04 bits per heavy atom. The summed E-state index contributed by atoms with van der Waals surface area (Å²) in [7, 11) is -15.0. The smallest absolute Gasteiger partial charge is 0.402 e. The summed E-state index contributed by atoms with van der Waals surface area (Å²) in [6.45, 7) is -2.14. The van der Waals surface area contributed by atoms with Gasteiger partial charge in [0.1, 0.15) is 0 Å². The van der Waals surface area contributed by atoms with E-state index in [1.807, 2.05) is 0 Å². The van der Waals surface area contributed by atoms with Crippen LogP contribution in [0, 0.1) is 0 Å². The Balaban J connectivity index is 2.41. The lowest BCUT2D eigenvalue weighted by atomic mass is 10.2. The maximum Gasteiger partial charge on any atom is 0.402 e. The van der Waals surface area contributed by atoms with Crippen molar-refractivity contribution >= 4 is 25.9 Å². The van der Waals surface area contributed by atoms with Crippen LogP contribution in [0.3, 0.4) is 0 Å². The molecule has 0 aliphatic carbocycles. The van der Waals surface area contributed by atoms with Crippen LogP contribution in [0.5, 0.6) is 0 Å². The summed E-state index contributed by atoms with van der Waals surface area (Å²) >= 11 is 0. The average molecular weight is 450 g/mol. The highest BCUT2D eigenvalue weighted by molar-refractivity contribution is 8.49. The molecule has 0 saturated heterocycles. The summed E-state index contributed by atoms with van der Waals surface area (Å²) < 4.78 is 118. The quantitative estimate of drug-likeness (QED) is 0.374. The second-order valence-corrected chi connectivity index (χ2v) is 10.2. The molecule has 0 spiro atoms. The number of carbonyl (C=O) groups is 1. The van der Waals surface area contributed by atoms with Gasteiger partial charge in [0.15, 0.2) is 6.61 Å². The molecule has 2 rings (SSSR count). The zero-order valence-corrected chi connectivity index (χ0v) is 15.2. The van der Waals surface area contributed by atoms with E-state index in [-0.39, 0.29) is 6.07 Å². The molecule has 0 fully saturated rings. The van der Waals surface area contributed by atoms with Gasteiger partial charge < -0.3 is 4.74 Å². The number of hydrogen-bond acceptors (Lipinski definition) is 4. The van der Waals surface area contributed by atoms with E-state index >= 15 is 0 Å². The largest absolute Gasteiger partial charge is 0.454 e. The lowest BCUT2D eigenvalue weighted by Crippen LogP contribution is -2.34. The van der Waals surface area contributed by atoms with Crippen LogP contribution in [0.15, 0.2) is 64.4 Å². The molecule has 0 radical (unpaired) electrons.